The summed E-state index contributed by atoms with van der Waals surface area (Å²) in [5.74, 6) is -0.0754. The molecule has 0 amide bonds. The van der Waals surface area contributed by atoms with Crippen LogP contribution in [-0.2, 0) is 14.3 Å². The van der Waals surface area contributed by atoms with Gasteiger partial charge in [0, 0.05) is 12.4 Å². The molecule has 0 bridgehead atoms. The highest BCUT2D eigenvalue weighted by Gasteiger charge is 2.37. The lowest BCUT2D eigenvalue weighted by atomic mass is 9.84. The Morgan fingerprint density at radius 3 is 2.79 bits per heavy atom. The standard InChI is InChI=1S/C18H16N2O3S/c1-3-22-18(21)15-12(2)23-17(20-7-4-5-8-20)14(10-19)16(15)13-6-9-24-11-13/h4-9,11,16H,3H2,1-2H3/t16-/m1/s1. The molecule has 0 unspecified atom stereocenters. The lowest BCUT2D eigenvalue weighted by Gasteiger charge is -2.28. The van der Waals surface area contributed by atoms with E-state index in [1.54, 1.807) is 30.8 Å². The van der Waals surface area contributed by atoms with E-state index in [2.05, 4.69) is 6.07 Å². The van der Waals surface area contributed by atoms with E-state index in [1.165, 1.54) is 11.3 Å². The van der Waals surface area contributed by atoms with Crippen molar-refractivity contribution in [1.29, 1.82) is 5.26 Å². The Hall–Kier alpha value is -2.78. The summed E-state index contributed by atoms with van der Waals surface area (Å²) >= 11 is 1.52. The number of aromatic nitrogens is 1. The number of hydrogen-bond donors (Lipinski definition) is 0. The summed E-state index contributed by atoms with van der Waals surface area (Å²) in [6, 6.07) is 7.84. The number of thiophene rings is 1. The molecule has 0 N–H and O–H groups in total. The SMILES string of the molecule is CCOC(=O)C1=C(C)OC(n2cccc2)=C(C#N)[C@H]1c1ccsc1. The molecule has 2 aromatic heterocycles. The maximum atomic E-state index is 12.5. The van der Waals surface area contributed by atoms with Crippen molar-refractivity contribution in [3.05, 3.63) is 63.8 Å². The summed E-state index contributed by atoms with van der Waals surface area (Å²) in [4.78, 5) is 12.5. The Balaban J connectivity index is 2.18. The third kappa shape index (κ3) is 2.74. The Kier molecular flexibility index (Phi) is 4.54. The molecule has 0 aromatic carbocycles. The van der Waals surface area contributed by atoms with Crippen LogP contribution in [0.25, 0.3) is 5.88 Å². The monoisotopic (exact) mass is 340 g/mol. The van der Waals surface area contributed by atoms with Gasteiger partial charge >= 0.3 is 5.97 Å². The first kappa shape index (κ1) is 16.1. The van der Waals surface area contributed by atoms with E-state index in [-0.39, 0.29) is 6.61 Å². The number of nitriles is 1. The number of hydrogen-bond acceptors (Lipinski definition) is 5. The van der Waals surface area contributed by atoms with Crippen LogP contribution in [0.3, 0.4) is 0 Å². The quantitative estimate of drug-likeness (QED) is 0.792. The van der Waals surface area contributed by atoms with Crippen molar-refractivity contribution in [2.24, 2.45) is 0 Å². The Labute approximate surface area is 144 Å². The average Bonchev–Trinajstić information content (AvgIpc) is 3.27. The fourth-order valence-corrected chi connectivity index (χ4v) is 3.43. The minimum Gasteiger partial charge on any atom is -0.463 e. The van der Waals surface area contributed by atoms with Gasteiger partial charge in [-0.05, 0) is 48.4 Å². The molecule has 0 aliphatic carbocycles. The van der Waals surface area contributed by atoms with Gasteiger partial charge in [-0.2, -0.15) is 16.6 Å². The molecule has 5 nitrogen and oxygen atoms in total. The smallest absolute Gasteiger partial charge is 0.338 e. The largest absolute Gasteiger partial charge is 0.463 e. The van der Waals surface area contributed by atoms with Crippen molar-refractivity contribution < 1.29 is 14.3 Å². The molecule has 1 aliphatic heterocycles. The lowest BCUT2D eigenvalue weighted by Crippen LogP contribution is -2.23. The van der Waals surface area contributed by atoms with Crippen LogP contribution in [0.15, 0.2) is 58.3 Å². The first-order chi connectivity index (χ1) is 11.7. The third-order valence-corrected chi connectivity index (χ3v) is 4.47. The van der Waals surface area contributed by atoms with Crippen LogP contribution in [0.2, 0.25) is 0 Å². The number of allylic oxidation sites excluding steroid dienone is 2. The zero-order valence-corrected chi connectivity index (χ0v) is 14.2. The van der Waals surface area contributed by atoms with Gasteiger partial charge in [-0.15, -0.1) is 0 Å². The van der Waals surface area contributed by atoms with Gasteiger partial charge in [0.15, 0.2) is 0 Å². The van der Waals surface area contributed by atoms with E-state index in [9.17, 15) is 10.1 Å². The number of carbonyl (C=O) groups is 1. The maximum absolute atomic E-state index is 12.5. The van der Waals surface area contributed by atoms with Gasteiger partial charge < -0.3 is 9.47 Å². The highest BCUT2D eigenvalue weighted by Crippen LogP contribution is 2.42. The highest BCUT2D eigenvalue weighted by molar-refractivity contribution is 7.08. The molecule has 0 saturated carbocycles. The molecule has 0 radical (unpaired) electrons. The minimum atomic E-state index is -0.494. The Morgan fingerprint density at radius 1 is 1.46 bits per heavy atom. The predicted molar refractivity (Wildman–Crippen MR) is 90.7 cm³/mol. The van der Waals surface area contributed by atoms with Crippen LogP contribution < -0.4 is 0 Å². The summed E-state index contributed by atoms with van der Waals surface area (Å²) in [5.41, 5.74) is 1.65. The zero-order chi connectivity index (χ0) is 17.1. The maximum Gasteiger partial charge on any atom is 0.338 e. The molecule has 122 valence electrons. The summed E-state index contributed by atoms with van der Waals surface area (Å²) in [6.07, 6.45) is 3.61. The number of esters is 1. The predicted octanol–water partition coefficient (Wildman–Crippen LogP) is 3.89. The van der Waals surface area contributed by atoms with Crippen molar-refractivity contribution in [2.75, 3.05) is 6.61 Å². The van der Waals surface area contributed by atoms with Gasteiger partial charge in [-0.3, -0.25) is 4.57 Å². The lowest BCUT2D eigenvalue weighted by molar-refractivity contribution is -0.139. The second-order valence-corrected chi connectivity index (χ2v) is 5.98. The van der Waals surface area contributed by atoms with Crippen LogP contribution in [-0.4, -0.2) is 17.1 Å². The fourth-order valence-electron chi connectivity index (χ4n) is 2.74. The Morgan fingerprint density at radius 2 is 2.21 bits per heavy atom. The minimum absolute atomic E-state index is 0.266. The van der Waals surface area contributed by atoms with Crippen molar-refractivity contribution in [2.45, 2.75) is 19.8 Å². The number of ether oxygens (including phenoxy) is 2. The van der Waals surface area contributed by atoms with Gasteiger partial charge in [0.05, 0.1) is 18.1 Å². The van der Waals surface area contributed by atoms with Crippen LogP contribution in [0, 0.1) is 11.3 Å². The fraction of sp³-hybridized carbons (Fsp3) is 0.222. The van der Waals surface area contributed by atoms with Gasteiger partial charge in [0.2, 0.25) is 5.88 Å². The summed E-state index contributed by atoms with van der Waals surface area (Å²) in [7, 11) is 0. The molecule has 3 rings (SSSR count). The van der Waals surface area contributed by atoms with Crippen LogP contribution in [0.5, 0.6) is 0 Å². The average molecular weight is 340 g/mol. The van der Waals surface area contributed by atoms with Crippen molar-refractivity contribution in [3.8, 4) is 6.07 Å². The van der Waals surface area contributed by atoms with Crippen molar-refractivity contribution in [1.82, 2.24) is 4.57 Å². The molecule has 3 heterocycles. The van der Waals surface area contributed by atoms with Gasteiger partial charge in [-0.25, -0.2) is 4.79 Å². The molecule has 0 saturated heterocycles. The molecule has 24 heavy (non-hydrogen) atoms. The van der Waals surface area contributed by atoms with Crippen LogP contribution in [0.4, 0.5) is 0 Å². The highest BCUT2D eigenvalue weighted by atomic mass is 32.1. The van der Waals surface area contributed by atoms with E-state index in [0.29, 0.717) is 22.8 Å². The van der Waals surface area contributed by atoms with E-state index in [0.717, 1.165) is 5.56 Å². The van der Waals surface area contributed by atoms with E-state index in [1.807, 2.05) is 29.0 Å². The van der Waals surface area contributed by atoms with Gasteiger partial charge in [0.25, 0.3) is 0 Å². The molecular formula is C18H16N2O3S. The molecule has 6 heteroatoms. The molecule has 2 aromatic rings. The van der Waals surface area contributed by atoms with Crippen LogP contribution >= 0.6 is 11.3 Å². The summed E-state index contributed by atoms with van der Waals surface area (Å²) in [5, 5.41) is 13.6. The topological polar surface area (TPSA) is 64.2 Å². The zero-order valence-electron chi connectivity index (χ0n) is 13.4. The number of carbonyl (C=O) groups excluding carboxylic acids is 1. The van der Waals surface area contributed by atoms with Gasteiger partial charge in [-0.1, -0.05) is 0 Å². The molecular weight excluding hydrogens is 324 g/mol. The Bertz CT molecular complexity index is 839. The van der Waals surface area contributed by atoms with Crippen molar-refractivity contribution in [3.63, 3.8) is 0 Å². The second-order valence-electron chi connectivity index (χ2n) is 5.20. The first-order valence-electron chi connectivity index (χ1n) is 7.52. The first-order valence-corrected chi connectivity index (χ1v) is 8.47. The number of rotatable bonds is 4. The molecule has 0 spiro atoms. The van der Waals surface area contributed by atoms with Gasteiger partial charge in [0.1, 0.15) is 17.4 Å². The van der Waals surface area contributed by atoms with Crippen molar-refractivity contribution >= 4 is 23.2 Å². The summed E-state index contributed by atoms with van der Waals surface area (Å²) in [6.45, 7) is 3.74. The molecule has 0 fully saturated rings. The third-order valence-electron chi connectivity index (χ3n) is 3.77. The van der Waals surface area contributed by atoms with Crippen LogP contribution in [0.1, 0.15) is 25.3 Å². The normalized spacial score (nSPS) is 17.5. The van der Waals surface area contributed by atoms with E-state index >= 15 is 0 Å². The van der Waals surface area contributed by atoms with E-state index in [4.69, 9.17) is 9.47 Å². The molecule has 1 aliphatic rings. The van der Waals surface area contributed by atoms with E-state index < -0.39 is 11.9 Å². The number of nitrogens with zero attached hydrogens (tertiary/aromatic N) is 2. The molecule has 1 atom stereocenters. The second kappa shape index (κ2) is 6.77. The summed E-state index contributed by atoms with van der Waals surface area (Å²) < 4.78 is 12.8.